The Bertz CT molecular complexity index is 792. The SMILES string of the molecule is C=C(C)C(=O)N(c1ccccc1)N1C(=O)c2ccccc2C1=O. The molecule has 0 spiro atoms. The molecular formula is C18H14N2O3. The lowest BCUT2D eigenvalue weighted by Crippen LogP contribution is -2.50. The summed E-state index contributed by atoms with van der Waals surface area (Å²) in [5, 5.41) is 1.95. The fourth-order valence-corrected chi connectivity index (χ4v) is 2.43. The Morgan fingerprint density at radius 3 is 1.87 bits per heavy atom. The van der Waals surface area contributed by atoms with Gasteiger partial charge in [0.1, 0.15) is 0 Å². The number of carbonyl (C=O) groups is 3. The van der Waals surface area contributed by atoms with Crippen LogP contribution in [0, 0.1) is 0 Å². The van der Waals surface area contributed by atoms with E-state index in [1.54, 1.807) is 54.6 Å². The van der Waals surface area contributed by atoms with Crippen LogP contribution in [0.4, 0.5) is 5.69 Å². The van der Waals surface area contributed by atoms with Crippen LogP contribution in [-0.2, 0) is 4.79 Å². The fourth-order valence-electron chi connectivity index (χ4n) is 2.43. The van der Waals surface area contributed by atoms with Gasteiger partial charge in [-0.1, -0.05) is 36.9 Å². The first-order valence-electron chi connectivity index (χ1n) is 7.05. The van der Waals surface area contributed by atoms with Crippen LogP contribution in [0.2, 0.25) is 0 Å². The molecule has 5 nitrogen and oxygen atoms in total. The molecule has 0 fully saturated rings. The van der Waals surface area contributed by atoms with Gasteiger partial charge in [0, 0.05) is 5.57 Å². The molecule has 0 saturated heterocycles. The topological polar surface area (TPSA) is 57.7 Å². The summed E-state index contributed by atoms with van der Waals surface area (Å²) in [5.74, 6) is -1.56. The fraction of sp³-hybridized carbons (Fsp3) is 0.0556. The molecule has 0 radical (unpaired) electrons. The number of anilines is 1. The molecule has 1 aliphatic heterocycles. The predicted molar refractivity (Wildman–Crippen MR) is 85.7 cm³/mol. The number of hydrazine groups is 1. The molecule has 0 aliphatic carbocycles. The quantitative estimate of drug-likeness (QED) is 0.647. The highest BCUT2D eigenvalue weighted by atomic mass is 16.2. The monoisotopic (exact) mass is 306 g/mol. The Labute approximate surface area is 133 Å². The first-order chi connectivity index (χ1) is 11.0. The molecule has 3 amide bonds. The molecular weight excluding hydrogens is 292 g/mol. The average molecular weight is 306 g/mol. The van der Waals surface area contributed by atoms with Gasteiger partial charge in [-0.05, 0) is 31.2 Å². The number of carbonyl (C=O) groups excluding carboxylic acids is 3. The van der Waals surface area contributed by atoms with Gasteiger partial charge in [-0.3, -0.25) is 14.4 Å². The summed E-state index contributed by atoms with van der Waals surface area (Å²) >= 11 is 0. The number of para-hydroxylation sites is 1. The lowest BCUT2D eigenvalue weighted by Gasteiger charge is -2.30. The summed E-state index contributed by atoms with van der Waals surface area (Å²) in [5.41, 5.74) is 1.22. The van der Waals surface area contributed by atoms with Gasteiger partial charge in [0.2, 0.25) is 0 Å². The predicted octanol–water partition coefficient (Wildman–Crippen LogP) is 2.81. The first-order valence-corrected chi connectivity index (χ1v) is 7.05. The number of nitrogens with zero attached hydrogens (tertiary/aromatic N) is 2. The van der Waals surface area contributed by atoms with Gasteiger partial charge in [-0.15, -0.1) is 0 Å². The number of hydrogen-bond donors (Lipinski definition) is 0. The Hall–Kier alpha value is -3.21. The van der Waals surface area contributed by atoms with Gasteiger partial charge >= 0.3 is 0 Å². The molecule has 114 valence electrons. The van der Waals surface area contributed by atoms with Crippen LogP contribution < -0.4 is 5.01 Å². The largest absolute Gasteiger partial charge is 0.281 e. The second-order valence-electron chi connectivity index (χ2n) is 5.20. The van der Waals surface area contributed by atoms with Crippen molar-refractivity contribution in [3.63, 3.8) is 0 Å². The van der Waals surface area contributed by atoms with Crippen LogP contribution >= 0.6 is 0 Å². The summed E-state index contributed by atoms with van der Waals surface area (Å²) in [6.45, 7) is 5.17. The zero-order valence-corrected chi connectivity index (χ0v) is 12.5. The molecule has 1 aliphatic rings. The Morgan fingerprint density at radius 2 is 1.39 bits per heavy atom. The number of fused-ring (bicyclic) bond motifs is 1. The van der Waals surface area contributed by atoms with E-state index < -0.39 is 17.7 Å². The van der Waals surface area contributed by atoms with E-state index in [0.29, 0.717) is 5.69 Å². The molecule has 0 N–H and O–H groups in total. The summed E-state index contributed by atoms with van der Waals surface area (Å²) in [6.07, 6.45) is 0. The Balaban J connectivity index is 2.12. The van der Waals surface area contributed by atoms with E-state index in [-0.39, 0.29) is 16.7 Å². The van der Waals surface area contributed by atoms with E-state index in [0.717, 1.165) is 10.0 Å². The number of imide groups is 1. The standard InChI is InChI=1S/C18H14N2O3/c1-12(2)16(21)19(13-8-4-3-5-9-13)20-17(22)14-10-6-7-11-15(14)18(20)23/h3-11H,1H2,2H3. The van der Waals surface area contributed by atoms with E-state index in [4.69, 9.17) is 0 Å². The molecule has 5 heteroatoms. The van der Waals surface area contributed by atoms with Crippen molar-refractivity contribution in [3.8, 4) is 0 Å². The van der Waals surface area contributed by atoms with Gasteiger partial charge in [-0.2, -0.15) is 5.01 Å². The van der Waals surface area contributed by atoms with Crippen LogP contribution in [0.3, 0.4) is 0 Å². The van der Waals surface area contributed by atoms with E-state index >= 15 is 0 Å². The molecule has 0 saturated carbocycles. The summed E-state index contributed by atoms with van der Waals surface area (Å²) in [7, 11) is 0. The maximum absolute atomic E-state index is 12.6. The van der Waals surface area contributed by atoms with Crippen molar-refractivity contribution in [2.24, 2.45) is 0 Å². The molecule has 0 bridgehead atoms. The van der Waals surface area contributed by atoms with Crippen molar-refractivity contribution >= 4 is 23.4 Å². The molecule has 1 heterocycles. The van der Waals surface area contributed by atoms with Gasteiger partial charge < -0.3 is 0 Å². The molecule has 0 atom stereocenters. The van der Waals surface area contributed by atoms with Crippen LogP contribution in [0.5, 0.6) is 0 Å². The van der Waals surface area contributed by atoms with Gasteiger partial charge in [0.15, 0.2) is 0 Å². The second-order valence-corrected chi connectivity index (χ2v) is 5.20. The van der Waals surface area contributed by atoms with Crippen molar-refractivity contribution in [1.82, 2.24) is 5.01 Å². The van der Waals surface area contributed by atoms with Crippen LogP contribution in [0.25, 0.3) is 0 Å². The number of rotatable bonds is 3. The number of amides is 3. The van der Waals surface area contributed by atoms with E-state index in [2.05, 4.69) is 6.58 Å². The first kappa shape index (κ1) is 14.7. The third-order valence-corrected chi connectivity index (χ3v) is 3.53. The Kier molecular flexibility index (Phi) is 3.54. The van der Waals surface area contributed by atoms with E-state index in [1.807, 2.05) is 0 Å². The second kappa shape index (κ2) is 5.53. The van der Waals surface area contributed by atoms with Crippen molar-refractivity contribution in [3.05, 3.63) is 77.9 Å². The highest BCUT2D eigenvalue weighted by molar-refractivity contribution is 6.25. The average Bonchev–Trinajstić information content (AvgIpc) is 2.82. The van der Waals surface area contributed by atoms with Gasteiger partial charge in [0.05, 0.1) is 16.8 Å². The highest BCUT2D eigenvalue weighted by Gasteiger charge is 2.41. The van der Waals surface area contributed by atoms with Crippen molar-refractivity contribution < 1.29 is 14.4 Å². The summed E-state index contributed by atoms with van der Waals surface area (Å²) in [4.78, 5) is 37.8. The molecule has 0 aromatic heterocycles. The molecule has 2 aromatic rings. The highest BCUT2D eigenvalue weighted by Crippen LogP contribution is 2.28. The van der Waals surface area contributed by atoms with Crippen molar-refractivity contribution in [2.75, 3.05) is 5.01 Å². The molecule has 2 aromatic carbocycles. The zero-order chi connectivity index (χ0) is 16.6. The van der Waals surface area contributed by atoms with Crippen LogP contribution in [0.15, 0.2) is 66.7 Å². The van der Waals surface area contributed by atoms with Crippen LogP contribution in [0.1, 0.15) is 27.6 Å². The van der Waals surface area contributed by atoms with Crippen LogP contribution in [-0.4, -0.2) is 22.7 Å². The minimum absolute atomic E-state index is 0.227. The smallest absolute Gasteiger partial charge is 0.267 e. The van der Waals surface area contributed by atoms with E-state index in [9.17, 15) is 14.4 Å². The normalized spacial score (nSPS) is 13.0. The maximum atomic E-state index is 12.6. The molecule has 0 unspecified atom stereocenters. The molecule has 23 heavy (non-hydrogen) atoms. The maximum Gasteiger partial charge on any atom is 0.281 e. The zero-order valence-electron chi connectivity index (χ0n) is 12.5. The van der Waals surface area contributed by atoms with E-state index in [1.165, 1.54) is 6.92 Å². The lowest BCUT2D eigenvalue weighted by molar-refractivity contribution is -0.117. The molecule has 3 rings (SSSR count). The van der Waals surface area contributed by atoms with Crippen molar-refractivity contribution in [1.29, 1.82) is 0 Å². The lowest BCUT2D eigenvalue weighted by atomic mass is 10.1. The third kappa shape index (κ3) is 2.32. The van der Waals surface area contributed by atoms with Crippen molar-refractivity contribution in [2.45, 2.75) is 6.92 Å². The minimum atomic E-state index is -0.524. The van der Waals surface area contributed by atoms with Gasteiger partial charge in [-0.25, -0.2) is 5.01 Å². The minimum Gasteiger partial charge on any atom is -0.267 e. The van der Waals surface area contributed by atoms with Gasteiger partial charge in [0.25, 0.3) is 17.7 Å². The number of benzene rings is 2. The summed E-state index contributed by atoms with van der Waals surface area (Å²) < 4.78 is 0. The third-order valence-electron chi connectivity index (χ3n) is 3.53. The Morgan fingerprint density at radius 1 is 0.913 bits per heavy atom. The summed E-state index contributed by atoms with van der Waals surface area (Å²) in [6, 6.07) is 15.1. The number of hydrogen-bond acceptors (Lipinski definition) is 3.